The van der Waals surface area contributed by atoms with Gasteiger partial charge in [0, 0.05) is 27.8 Å². The largest absolute Gasteiger partial charge is 0.486 e. The van der Waals surface area contributed by atoms with Gasteiger partial charge in [0.25, 0.3) is 5.91 Å². The predicted octanol–water partition coefficient (Wildman–Crippen LogP) is 4.02. The number of anilines is 1. The second-order valence-electron chi connectivity index (χ2n) is 7.08. The van der Waals surface area contributed by atoms with Gasteiger partial charge in [0.2, 0.25) is 0 Å². The fraction of sp³-hybridized carbons (Fsp3) is 0.217. The Kier molecular flexibility index (Phi) is 7.65. The van der Waals surface area contributed by atoms with Crippen LogP contribution in [0.4, 0.5) is 10.5 Å². The Morgan fingerprint density at radius 3 is 2.71 bits per heavy atom. The third-order valence-corrected chi connectivity index (χ3v) is 6.47. The quantitative estimate of drug-likeness (QED) is 0.370. The SMILES string of the molecule is Cc1nc(CSc2ccccc2C(=O)OCC(=O)NC(=O)Nc2ccc3c(c2)OCCO3)cs1. The summed E-state index contributed by atoms with van der Waals surface area (Å²) in [5, 5.41) is 7.61. The minimum Gasteiger partial charge on any atom is -0.486 e. The maximum atomic E-state index is 12.5. The summed E-state index contributed by atoms with van der Waals surface area (Å²) < 4.78 is 16.0. The number of urea groups is 1. The number of hydrogen-bond acceptors (Lipinski definition) is 9. The number of esters is 1. The third kappa shape index (κ3) is 6.27. The Morgan fingerprint density at radius 2 is 1.91 bits per heavy atom. The number of amides is 3. The Bertz CT molecular complexity index is 1210. The maximum absolute atomic E-state index is 12.5. The fourth-order valence-corrected chi connectivity index (χ4v) is 4.69. The number of ether oxygens (including phenoxy) is 3. The number of rotatable bonds is 7. The van der Waals surface area contributed by atoms with E-state index in [-0.39, 0.29) is 0 Å². The molecule has 34 heavy (non-hydrogen) atoms. The molecule has 0 saturated carbocycles. The lowest BCUT2D eigenvalue weighted by Crippen LogP contribution is -2.37. The van der Waals surface area contributed by atoms with Crippen LogP contribution in [0.5, 0.6) is 11.5 Å². The minimum atomic E-state index is -0.758. The van der Waals surface area contributed by atoms with E-state index in [2.05, 4.69) is 15.6 Å². The molecule has 0 fully saturated rings. The summed E-state index contributed by atoms with van der Waals surface area (Å²) in [5.41, 5.74) is 1.69. The summed E-state index contributed by atoms with van der Waals surface area (Å²) >= 11 is 3.02. The Balaban J connectivity index is 1.26. The van der Waals surface area contributed by atoms with Crippen LogP contribution in [-0.2, 0) is 15.3 Å². The lowest BCUT2D eigenvalue weighted by molar-refractivity contribution is -0.123. The van der Waals surface area contributed by atoms with Crippen LogP contribution in [0.1, 0.15) is 21.1 Å². The predicted molar refractivity (Wildman–Crippen MR) is 128 cm³/mol. The normalized spacial score (nSPS) is 12.0. The van der Waals surface area contributed by atoms with E-state index in [0.717, 1.165) is 15.6 Å². The first-order chi connectivity index (χ1) is 16.5. The summed E-state index contributed by atoms with van der Waals surface area (Å²) in [7, 11) is 0. The molecule has 0 atom stereocenters. The number of aromatic nitrogens is 1. The van der Waals surface area contributed by atoms with Crippen molar-refractivity contribution in [2.75, 3.05) is 25.1 Å². The molecule has 3 aromatic rings. The van der Waals surface area contributed by atoms with E-state index < -0.39 is 24.5 Å². The molecule has 0 unspecified atom stereocenters. The molecular formula is C23H21N3O6S2. The number of benzene rings is 2. The smallest absolute Gasteiger partial charge is 0.339 e. The van der Waals surface area contributed by atoms with E-state index in [9.17, 15) is 14.4 Å². The highest BCUT2D eigenvalue weighted by Crippen LogP contribution is 2.32. The lowest BCUT2D eigenvalue weighted by Gasteiger charge is -2.19. The van der Waals surface area contributed by atoms with Crippen molar-refractivity contribution in [2.24, 2.45) is 0 Å². The van der Waals surface area contributed by atoms with Crippen LogP contribution in [0.2, 0.25) is 0 Å². The Hall–Kier alpha value is -3.57. The van der Waals surface area contributed by atoms with Crippen molar-refractivity contribution in [1.29, 1.82) is 0 Å². The van der Waals surface area contributed by atoms with Crippen molar-refractivity contribution >= 4 is 46.7 Å². The van der Waals surface area contributed by atoms with E-state index >= 15 is 0 Å². The number of carbonyl (C=O) groups excluding carboxylic acids is 3. The molecular weight excluding hydrogens is 478 g/mol. The maximum Gasteiger partial charge on any atom is 0.339 e. The zero-order chi connectivity index (χ0) is 23.9. The van der Waals surface area contributed by atoms with Gasteiger partial charge in [-0.15, -0.1) is 23.1 Å². The number of nitrogens with zero attached hydrogens (tertiary/aromatic N) is 1. The molecule has 1 aromatic heterocycles. The van der Waals surface area contributed by atoms with Gasteiger partial charge in [0.05, 0.1) is 16.3 Å². The number of imide groups is 1. The van der Waals surface area contributed by atoms with E-state index in [0.29, 0.717) is 41.7 Å². The van der Waals surface area contributed by atoms with Crippen molar-refractivity contribution < 1.29 is 28.6 Å². The van der Waals surface area contributed by atoms with E-state index in [1.54, 1.807) is 47.7 Å². The Labute approximate surface area is 203 Å². The van der Waals surface area contributed by atoms with Crippen LogP contribution in [-0.4, -0.2) is 42.7 Å². The van der Waals surface area contributed by atoms with Crippen molar-refractivity contribution in [3.05, 3.63) is 64.1 Å². The topological polar surface area (TPSA) is 116 Å². The van der Waals surface area contributed by atoms with Gasteiger partial charge in [-0.25, -0.2) is 14.6 Å². The first-order valence-electron chi connectivity index (χ1n) is 10.3. The van der Waals surface area contributed by atoms with E-state index in [1.165, 1.54) is 11.8 Å². The van der Waals surface area contributed by atoms with Gasteiger partial charge in [0.1, 0.15) is 13.2 Å². The van der Waals surface area contributed by atoms with Gasteiger partial charge in [-0.05, 0) is 31.2 Å². The number of carbonyl (C=O) groups is 3. The first-order valence-corrected chi connectivity index (χ1v) is 12.1. The van der Waals surface area contributed by atoms with Crippen molar-refractivity contribution in [3.8, 4) is 11.5 Å². The molecule has 0 spiro atoms. The number of aryl methyl sites for hydroxylation is 1. The molecule has 1 aliphatic heterocycles. The standard InChI is InChI=1S/C23H21N3O6S2/c1-14-24-16(12-33-14)13-34-20-5-3-2-4-17(20)22(28)32-11-21(27)26-23(29)25-15-6-7-18-19(10-15)31-9-8-30-18/h2-7,10,12H,8-9,11,13H2,1H3,(H2,25,26,27,29). The summed E-state index contributed by atoms with van der Waals surface area (Å²) in [6, 6.07) is 11.1. The summed E-state index contributed by atoms with van der Waals surface area (Å²) in [5.74, 6) is 0.285. The van der Waals surface area contributed by atoms with Gasteiger partial charge < -0.3 is 19.5 Å². The van der Waals surface area contributed by atoms with Crippen molar-refractivity contribution in [1.82, 2.24) is 10.3 Å². The van der Waals surface area contributed by atoms with Crippen LogP contribution in [0.15, 0.2) is 52.7 Å². The number of hydrogen-bond donors (Lipinski definition) is 2. The van der Waals surface area contributed by atoms with Gasteiger partial charge in [-0.3, -0.25) is 10.1 Å². The van der Waals surface area contributed by atoms with Crippen LogP contribution in [0.3, 0.4) is 0 Å². The molecule has 2 aromatic carbocycles. The molecule has 9 nitrogen and oxygen atoms in total. The number of fused-ring (bicyclic) bond motifs is 1. The molecule has 0 aliphatic carbocycles. The summed E-state index contributed by atoms with van der Waals surface area (Å²) in [6.07, 6.45) is 0. The molecule has 1 aliphatic rings. The zero-order valence-electron chi connectivity index (χ0n) is 18.2. The molecule has 176 valence electrons. The zero-order valence-corrected chi connectivity index (χ0v) is 19.8. The Morgan fingerprint density at radius 1 is 1.12 bits per heavy atom. The van der Waals surface area contributed by atoms with Crippen LogP contribution >= 0.6 is 23.1 Å². The number of nitrogens with one attached hydrogen (secondary N) is 2. The highest BCUT2D eigenvalue weighted by molar-refractivity contribution is 7.98. The number of thiazole rings is 1. The van der Waals surface area contributed by atoms with Crippen molar-refractivity contribution in [2.45, 2.75) is 17.6 Å². The third-order valence-electron chi connectivity index (χ3n) is 4.54. The minimum absolute atomic E-state index is 0.341. The average molecular weight is 500 g/mol. The molecule has 3 amide bonds. The highest BCUT2D eigenvalue weighted by Gasteiger charge is 2.17. The van der Waals surface area contributed by atoms with Gasteiger partial charge in [-0.2, -0.15) is 0 Å². The lowest BCUT2D eigenvalue weighted by atomic mass is 10.2. The van der Waals surface area contributed by atoms with E-state index in [1.807, 2.05) is 18.4 Å². The molecule has 2 N–H and O–H groups in total. The number of thioether (sulfide) groups is 1. The van der Waals surface area contributed by atoms with Crippen LogP contribution in [0.25, 0.3) is 0 Å². The van der Waals surface area contributed by atoms with Gasteiger partial charge in [0.15, 0.2) is 18.1 Å². The second-order valence-corrected chi connectivity index (χ2v) is 9.16. The molecule has 11 heteroatoms. The molecule has 0 bridgehead atoms. The first kappa shape index (κ1) is 23.6. The fourth-order valence-electron chi connectivity index (χ4n) is 3.04. The molecule has 2 heterocycles. The highest BCUT2D eigenvalue weighted by atomic mass is 32.2. The molecule has 0 saturated heterocycles. The van der Waals surface area contributed by atoms with Crippen LogP contribution in [0, 0.1) is 6.92 Å². The van der Waals surface area contributed by atoms with E-state index in [4.69, 9.17) is 14.2 Å². The van der Waals surface area contributed by atoms with Crippen molar-refractivity contribution in [3.63, 3.8) is 0 Å². The summed E-state index contributed by atoms with van der Waals surface area (Å²) in [6.45, 7) is 2.21. The molecule has 0 radical (unpaired) electrons. The van der Waals surface area contributed by atoms with Gasteiger partial charge >= 0.3 is 12.0 Å². The average Bonchev–Trinajstić information content (AvgIpc) is 3.26. The molecule has 4 rings (SSSR count). The summed E-state index contributed by atoms with van der Waals surface area (Å²) in [4.78, 5) is 41.9. The second kappa shape index (κ2) is 11.0. The van der Waals surface area contributed by atoms with Crippen LogP contribution < -0.4 is 20.1 Å². The van der Waals surface area contributed by atoms with Gasteiger partial charge in [-0.1, -0.05) is 12.1 Å². The monoisotopic (exact) mass is 499 g/mol.